The Balaban J connectivity index is 1.80. The molecule has 0 unspecified atom stereocenters. The fourth-order valence-corrected chi connectivity index (χ4v) is 2.12. The van der Waals surface area contributed by atoms with E-state index in [0.717, 1.165) is 0 Å². The van der Waals surface area contributed by atoms with E-state index in [1.165, 1.54) is 6.20 Å². The van der Waals surface area contributed by atoms with Gasteiger partial charge in [-0.3, -0.25) is 19.6 Å². The molecule has 118 valence electrons. The highest BCUT2D eigenvalue weighted by molar-refractivity contribution is 6.12. The van der Waals surface area contributed by atoms with Gasteiger partial charge < -0.3 is 10.6 Å². The molecule has 0 bridgehead atoms. The summed E-state index contributed by atoms with van der Waals surface area (Å²) in [6.45, 7) is 0. The van der Waals surface area contributed by atoms with E-state index in [9.17, 15) is 9.59 Å². The standard InChI is InChI=1S/C18H14N4O2/c23-17(13-5-3-9-19-11-13)22-16-8-2-1-7-15(16)18(24)21-14-6-4-10-20-12-14/h1-12H,(H,21,24)(H,22,23). The normalized spacial score (nSPS) is 10.0. The summed E-state index contributed by atoms with van der Waals surface area (Å²) in [5, 5.41) is 5.48. The minimum absolute atomic E-state index is 0.329. The minimum atomic E-state index is -0.329. The first kappa shape index (κ1) is 15.4. The summed E-state index contributed by atoms with van der Waals surface area (Å²) >= 11 is 0. The van der Waals surface area contributed by atoms with Gasteiger partial charge in [-0.05, 0) is 36.4 Å². The predicted molar refractivity (Wildman–Crippen MR) is 90.8 cm³/mol. The van der Waals surface area contributed by atoms with Crippen molar-refractivity contribution in [2.24, 2.45) is 0 Å². The Bertz CT molecular complexity index is 851. The zero-order valence-corrected chi connectivity index (χ0v) is 12.6. The Morgan fingerprint density at radius 1 is 0.750 bits per heavy atom. The number of carbonyl (C=O) groups excluding carboxylic acids is 2. The van der Waals surface area contributed by atoms with Crippen molar-refractivity contribution in [1.29, 1.82) is 0 Å². The van der Waals surface area contributed by atoms with Crippen LogP contribution >= 0.6 is 0 Å². The molecule has 0 atom stereocenters. The van der Waals surface area contributed by atoms with Gasteiger partial charge in [0.25, 0.3) is 11.8 Å². The van der Waals surface area contributed by atoms with Gasteiger partial charge in [0, 0.05) is 18.6 Å². The summed E-state index contributed by atoms with van der Waals surface area (Å²) in [5.74, 6) is -0.658. The van der Waals surface area contributed by atoms with Crippen LogP contribution in [0.1, 0.15) is 20.7 Å². The molecule has 1 aromatic carbocycles. The summed E-state index contributed by atoms with van der Waals surface area (Å²) in [6.07, 6.45) is 6.23. The van der Waals surface area contributed by atoms with Crippen molar-refractivity contribution in [3.8, 4) is 0 Å². The highest BCUT2D eigenvalue weighted by Gasteiger charge is 2.14. The highest BCUT2D eigenvalue weighted by Crippen LogP contribution is 2.18. The van der Waals surface area contributed by atoms with E-state index in [-0.39, 0.29) is 11.8 Å². The second-order valence-corrected chi connectivity index (χ2v) is 4.94. The Morgan fingerprint density at radius 3 is 2.21 bits per heavy atom. The SMILES string of the molecule is O=C(Nc1ccccc1C(=O)Nc1cccnc1)c1cccnc1. The molecule has 0 fully saturated rings. The van der Waals surface area contributed by atoms with Crippen LogP contribution in [0.25, 0.3) is 0 Å². The lowest BCUT2D eigenvalue weighted by Crippen LogP contribution is -2.18. The monoisotopic (exact) mass is 318 g/mol. The van der Waals surface area contributed by atoms with Crippen LogP contribution in [0.3, 0.4) is 0 Å². The molecule has 2 aromatic heterocycles. The molecule has 0 aliphatic heterocycles. The van der Waals surface area contributed by atoms with E-state index in [1.807, 2.05) is 0 Å². The molecular weight excluding hydrogens is 304 g/mol. The first-order valence-electron chi connectivity index (χ1n) is 7.26. The van der Waals surface area contributed by atoms with Crippen LogP contribution < -0.4 is 10.6 Å². The van der Waals surface area contributed by atoms with Crippen LogP contribution in [-0.4, -0.2) is 21.8 Å². The molecule has 3 rings (SSSR count). The second-order valence-electron chi connectivity index (χ2n) is 4.94. The Hall–Kier alpha value is -3.54. The second kappa shape index (κ2) is 7.15. The molecule has 6 heteroatoms. The van der Waals surface area contributed by atoms with E-state index in [0.29, 0.717) is 22.5 Å². The number of nitrogens with zero attached hydrogens (tertiary/aromatic N) is 2. The maximum Gasteiger partial charge on any atom is 0.257 e. The number of carbonyl (C=O) groups is 2. The summed E-state index contributed by atoms with van der Waals surface area (Å²) < 4.78 is 0. The zero-order valence-electron chi connectivity index (χ0n) is 12.6. The van der Waals surface area contributed by atoms with E-state index < -0.39 is 0 Å². The first-order valence-corrected chi connectivity index (χ1v) is 7.26. The van der Waals surface area contributed by atoms with Gasteiger partial charge in [-0.1, -0.05) is 12.1 Å². The Morgan fingerprint density at radius 2 is 1.50 bits per heavy atom. The maximum atomic E-state index is 12.5. The highest BCUT2D eigenvalue weighted by atomic mass is 16.2. The summed E-state index contributed by atoms with van der Waals surface area (Å²) in [7, 11) is 0. The van der Waals surface area contributed by atoms with Gasteiger partial charge in [0.15, 0.2) is 0 Å². The van der Waals surface area contributed by atoms with Gasteiger partial charge in [-0.25, -0.2) is 0 Å². The molecule has 2 N–H and O–H groups in total. The molecule has 0 saturated carbocycles. The number of nitrogens with one attached hydrogen (secondary N) is 2. The quantitative estimate of drug-likeness (QED) is 0.774. The summed E-state index contributed by atoms with van der Waals surface area (Å²) in [6, 6.07) is 13.6. The summed E-state index contributed by atoms with van der Waals surface area (Å²) in [5.41, 5.74) is 1.78. The van der Waals surface area contributed by atoms with Crippen LogP contribution in [0.5, 0.6) is 0 Å². The molecule has 6 nitrogen and oxygen atoms in total. The van der Waals surface area contributed by atoms with Crippen LogP contribution in [0.4, 0.5) is 11.4 Å². The average molecular weight is 318 g/mol. The lowest BCUT2D eigenvalue weighted by Gasteiger charge is -2.11. The smallest absolute Gasteiger partial charge is 0.257 e. The number of hydrogen-bond donors (Lipinski definition) is 2. The molecule has 2 amide bonds. The van der Waals surface area contributed by atoms with Crippen molar-refractivity contribution >= 4 is 23.2 Å². The lowest BCUT2D eigenvalue weighted by molar-refractivity contribution is 0.102. The summed E-state index contributed by atoms with van der Waals surface area (Å²) in [4.78, 5) is 32.6. The Labute approximate surface area is 138 Å². The first-order chi connectivity index (χ1) is 11.7. The van der Waals surface area contributed by atoms with Crippen molar-refractivity contribution in [1.82, 2.24) is 9.97 Å². The van der Waals surface area contributed by atoms with Gasteiger partial charge in [0.1, 0.15) is 0 Å². The number of benzene rings is 1. The molecule has 3 aromatic rings. The molecule has 0 spiro atoms. The minimum Gasteiger partial charge on any atom is -0.321 e. The number of para-hydroxylation sites is 1. The molecular formula is C18H14N4O2. The molecule has 2 heterocycles. The maximum absolute atomic E-state index is 12.5. The number of rotatable bonds is 4. The molecule has 0 aliphatic carbocycles. The third kappa shape index (κ3) is 3.61. The van der Waals surface area contributed by atoms with Crippen molar-refractivity contribution in [2.75, 3.05) is 10.6 Å². The largest absolute Gasteiger partial charge is 0.321 e. The number of amides is 2. The fourth-order valence-electron chi connectivity index (χ4n) is 2.12. The van der Waals surface area contributed by atoms with E-state index in [2.05, 4.69) is 20.6 Å². The number of aromatic nitrogens is 2. The third-order valence-corrected chi connectivity index (χ3v) is 3.26. The molecule has 0 saturated heterocycles. The number of anilines is 2. The lowest BCUT2D eigenvalue weighted by atomic mass is 10.1. The van der Waals surface area contributed by atoms with Gasteiger partial charge in [-0.2, -0.15) is 0 Å². The van der Waals surface area contributed by atoms with Gasteiger partial charge >= 0.3 is 0 Å². The van der Waals surface area contributed by atoms with E-state index in [1.54, 1.807) is 67.1 Å². The van der Waals surface area contributed by atoms with E-state index >= 15 is 0 Å². The van der Waals surface area contributed by atoms with Crippen molar-refractivity contribution in [2.45, 2.75) is 0 Å². The molecule has 24 heavy (non-hydrogen) atoms. The number of hydrogen-bond acceptors (Lipinski definition) is 4. The van der Waals surface area contributed by atoms with Crippen LogP contribution in [0.15, 0.2) is 73.3 Å². The van der Waals surface area contributed by atoms with Gasteiger partial charge in [0.05, 0.1) is 28.7 Å². The topological polar surface area (TPSA) is 84.0 Å². The van der Waals surface area contributed by atoms with Crippen LogP contribution in [-0.2, 0) is 0 Å². The average Bonchev–Trinajstić information content (AvgIpc) is 2.63. The van der Waals surface area contributed by atoms with Gasteiger partial charge in [-0.15, -0.1) is 0 Å². The van der Waals surface area contributed by atoms with Crippen molar-refractivity contribution in [3.05, 3.63) is 84.4 Å². The third-order valence-electron chi connectivity index (χ3n) is 3.26. The van der Waals surface area contributed by atoms with Crippen LogP contribution in [0.2, 0.25) is 0 Å². The fraction of sp³-hybridized carbons (Fsp3) is 0. The predicted octanol–water partition coefficient (Wildman–Crippen LogP) is 2.98. The Kier molecular flexibility index (Phi) is 4.57. The van der Waals surface area contributed by atoms with E-state index in [4.69, 9.17) is 0 Å². The number of pyridine rings is 2. The zero-order chi connectivity index (χ0) is 16.8. The molecule has 0 aliphatic rings. The van der Waals surface area contributed by atoms with Crippen molar-refractivity contribution in [3.63, 3.8) is 0 Å². The van der Waals surface area contributed by atoms with Crippen LogP contribution in [0, 0.1) is 0 Å². The van der Waals surface area contributed by atoms with Crippen molar-refractivity contribution < 1.29 is 9.59 Å². The van der Waals surface area contributed by atoms with Gasteiger partial charge in [0.2, 0.25) is 0 Å². The molecule has 0 radical (unpaired) electrons.